The van der Waals surface area contributed by atoms with E-state index in [9.17, 15) is 64.2 Å². The highest BCUT2D eigenvalue weighted by atomic mass is 16.7. The SMILES string of the molecule is C[C@]12C=CC(=O)C=C1CC[C@@H]1[C@@H]2[C@@H](O)C[C@@]2(C)[C@H]1C[C@H]1O[C@@H](c3ccc(CC45CC(NC(=O)OCc6ccc(O[C@@H]7O[C@H](C(=O)O)[C@@H](O)[C@H](O)[C@H]7O)c(NC(=O)CCCC(=O)CCC(=O)N7Cc8ccccc8-c8n[nH]nc8-c8ccccc87)c6)(C4)C5)cc3)O[C@]12C(=O)CO. The van der Waals surface area contributed by atoms with E-state index in [1.165, 1.54) is 18.2 Å². The Hall–Kier alpha value is -8.33. The van der Waals surface area contributed by atoms with Crippen molar-refractivity contribution >= 4 is 52.6 Å². The molecule has 4 aromatic carbocycles. The molecule has 0 spiro atoms. The zero-order valence-corrected chi connectivity index (χ0v) is 52.5. The second-order valence-electron chi connectivity index (χ2n) is 28.1. The first-order valence-corrected chi connectivity index (χ1v) is 32.6. The third-order valence-corrected chi connectivity index (χ3v) is 22.3. The van der Waals surface area contributed by atoms with Crippen molar-refractivity contribution in [3.8, 4) is 28.3 Å². The number of anilines is 2. The number of amides is 3. The highest BCUT2D eigenvalue weighted by Gasteiger charge is 2.76. The average molecular weight is 1300 g/mol. The summed E-state index contributed by atoms with van der Waals surface area (Å²) in [6, 6.07) is 27.2. The number of Topliss-reactive ketones (excluding diaryl/α,β-unsaturated/α-hetero) is 2. The Bertz CT molecular complexity index is 3980. The van der Waals surface area contributed by atoms with E-state index in [0.717, 1.165) is 40.7 Å². The van der Waals surface area contributed by atoms with Gasteiger partial charge in [-0.05, 0) is 122 Å². The summed E-state index contributed by atoms with van der Waals surface area (Å²) in [5.74, 6) is -3.51. The summed E-state index contributed by atoms with van der Waals surface area (Å²) in [5.41, 5.74) is 4.13. The lowest BCUT2D eigenvalue weighted by molar-refractivity contribution is -0.271. The number of H-pyrrole nitrogens is 1. The number of ketones is 3. The maximum atomic E-state index is 14.1. The van der Waals surface area contributed by atoms with Gasteiger partial charge in [-0.25, -0.2) is 9.59 Å². The van der Waals surface area contributed by atoms with Crippen molar-refractivity contribution in [2.45, 2.75) is 171 Å². The van der Waals surface area contributed by atoms with Crippen molar-refractivity contribution in [2.75, 3.05) is 16.8 Å². The molecule has 0 radical (unpaired) electrons. The Morgan fingerprint density at radius 2 is 1.55 bits per heavy atom. The Morgan fingerprint density at radius 1 is 0.821 bits per heavy atom. The molecular formula is C71H76N6O18. The number of alkyl carbamates (subject to hydrolysis) is 1. The summed E-state index contributed by atoms with van der Waals surface area (Å²) in [5, 5.41) is 81.1. The van der Waals surface area contributed by atoms with Crippen LogP contribution in [0.4, 0.5) is 16.2 Å². The zero-order chi connectivity index (χ0) is 66.5. The standard InChI is InChI=1S/C71H76N6O18/c1-67-25-24-43(80)27-41(67)19-21-45-47-28-53-71(52(82)32-78,68(47,2)30-50(81)56(45)67)95-64(93-53)39-17-14-37(15-18-39)29-69-34-70(35-69,36-69)73-66(90)91-33-38-16-22-51(92-65-61(87)59(85)60(86)62(94-65)63(88)89)48(26-38)72-54(83)13-7-9-42(79)20-23-55(84)77-31-40-8-3-4-10-44(40)57-58(75-76-74-57)46-11-5-6-12-49(46)77/h3-6,8,10-12,14-18,22,24-27,45,47,50,53,56,59-62,64-65,78,81,85-87H,7,9,13,19-21,23,28-36H2,1-2H3,(H,72,83)(H,73,90)(H,88,89)(H,74,75,76)/t45-,47-,50-,53+,56+,59-,60-,61+,62-,64+,65+,67-,68-,69?,70?,71+/m0/s1. The number of benzene rings is 4. The number of para-hydroxylation sites is 1. The average Bonchev–Trinajstić information content (AvgIpc) is 1.65. The summed E-state index contributed by atoms with van der Waals surface area (Å²) in [6.45, 7) is 3.34. The molecule has 24 nitrogen and oxygen atoms in total. The lowest BCUT2D eigenvalue weighted by Crippen LogP contribution is -2.75. The van der Waals surface area contributed by atoms with Gasteiger partial charge in [0.2, 0.25) is 18.1 Å². The van der Waals surface area contributed by atoms with Crippen molar-refractivity contribution in [2.24, 2.45) is 34.0 Å². The fraction of sp³-hybridized carbons (Fsp3) is 0.479. The van der Waals surface area contributed by atoms with Crippen LogP contribution in [-0.4, -0.2) is 148 Å². The van der Waals surface area contributed by atoms with Crippen LogP contribution >= 0.6 is 0 Å². The molecule has 9 N–H and O–H groups in total. The van der Waals surface area contributed by atoms with Crippen molar-refractivity contribution in [3.63, 3.8) is 0 Å². The van der Waals surface area contributed by atoms with Gasteiger partial charge in [-0.2, -0.15) is 15.4 Å². The normalized spacial score (nSPS) is 33.5. The molecule has 3 amide bonds. The Morgan fingerprint density at radius 3 is 2.31 bits per heavy atom. The number of fused-ring (bicyclic) bond motifs is 12. The number of ether oxygens (including phenoxy) is 5. The van der Waals surface area contributed by atoms with E-state index in [1.807, 2.05) is 85.8 Å². The van der Waals surface area contributed by atoms with Crippen LogP contribution in [0.2, 0.25) is 0 Å². The van der Waals surface area contributed by atoms with E-state index in [1.54, 1.807) is 17.1 Å². The number of carboxylic acid groups (broad SMARTS) is 1. The number of nitrogens with one attached hydrogen (secondary N) is 3. The van der Waals surface area contributed by atoms with Crippen LogP contribution in [0.5, 0.6) is 5.75 Å². The molecule has 498 valence electrons. The summed E-state index contributed by atoms with van der Waals surface area (Å²) in [4.78, 5) is 94.4. The van der Waals surface area contributed by atoms with Gasteiger partial charge in [0.05, 0.1) is 30.1 Å². The van der Waals surface area contributed by atoms with E-state index in [0.29, 0.717) is 60.3 Å². The van der Waals surface area contributed by atoms with Crippen LogP contribution in [0.1, 0.15) is 119 Å². The van der Waals surface area contributed by atoms with E-state index in [4.69, 9.17) is 23.7 Å². The van der Waals surface area contributed by atoms with E-state index >= 15 is 0 Å². The van der Waals surface area contributed by atoms with Gasteiger partial charge < -0.3 is 69.9 Å². The molecule has 0 unspecified atom stereocenters. The molecule has 1 aromatic heterocycles. The number of hydrogen-bond acceptors (Lipinski definition) is 19. The molecule has 4 heterocycles. The topological polar surface area (TPSA) is 356 Å². The number of aliphatic carboxylic acids is 1. The number of carboxylic acids is 1. The minimum absolute atomic E-state index is 0.0137. The smallest absolute Gasteiger partial charge is 0.407 e. The van der Waals surface area contributed by atoms with Crippen molar-refractivity contribution < 1.29 is 87.9 Å². The van der Waals surface area contributed by atoms with Gasteiger partial charge in [0.25, 0.3) is 0 Å². The molecule has 5 aromatic rings. The van der Waals surface area contributed by atoms with Gasteiger partial charge >= 0.3 is 12.1 Å². The fourth-order valence-electron chi connectivity index (χ4n) is 18.0. The monoisotopic (exact) mass is 1300 g/mol. The van der Waals surface area contributed by atoms with Crippen molar-refractivity contribution in [1.82, 2.24) is 20.7 Å². The molecule has 8 fully saturated rings. The van der Waals surface area contributed by atoms with Gasteiger partial charge in [0.1, 0.15) is 54.4 Å². The van der Waals surface area contributed by atoms with E-state index < -0.39 is 102 Å². The fourth-order valence-corrected chi connectivity index (χ4v) is 18.0. The quantitative estimate of drug-likeness (QED) is 0.0431. The van der Waals surface area contributed by atoms with Gasteiger partial charge in [0, 0.05) is 64.7 Å². The second kappa shape index (κ2) is 24.4. The number of allylic oxidation sites excluding steroid dienone is 4. The first-order valence-electron chi connectivity index (χ1n) is 32.6. The highest BCUT2D eigenvalue weighted by molar-refractivity contribution is 6.02. The summed E-state index contributed by atoms with van der Waals surface area (Å²) < 4.78 is 30.4. The second-order valence-corrected chi connectivity index (χ2v) is 28.1. The Kier molecular flexibility index (Phi) is 16.4. The molecule has 24 heteroatoms. The maximum Gasteiger partial charge on any atom is 0.407 e. The predicted octanol–water partition coefficient (Wildman–Crippen LogP) is 6.41. The van der Waals surface area contributed by atoms with Gasteiger partial charge in [0.15, 0.2) is 29.6 Å². The number of hydrogen-bond donors (Lipinski definition) is 9. The molecule has 3 aliphatic heterocycles. The summed E-state index contributed by atoms with van der Waals surface area (Å²) >= 11 is 0. The van der Waals surface area contributed by atoms with Crippen LogP contribution in [0.15, 0.2) is 115 Å². The summed E-state index contributed by atoms with van der Waals surface area (Å²) in [7, 11) is 0. The predicted molar refractivity (Wildman–Crippen MR) is 336 cm³/mol. The molecule has 2 bridgehead atoms. The van der Waals surface area contributed by atoms with Crippen LogP contribution in [0, 0.1) is 34.0 Å². The van der Waals surface area contributed by atoms with Crippen LogP contribution in [-0.2, 0) is 67.3 Å². The molecule has 7 aliphatic carbocycles. The van der Waals surface area contributed by atoms with Gasteiger partial charge in [-0.3, -0.25) is 24.0 Å². The van der Waals surface area contributed by atoms with Crippen LogP contribution in [0.25, 0.3) is 22.5 Å². The molecule has 14 atom stereocenters. The first-order chi connectivity index (χ1) is 45.5. The minimum atomic E-state index is -1.99. The van der Waals surface area contributed by atoms with Crippen molar-refractivity contribution in [1.29, 1.82) is 0 Å². The van der Waals surface area contributed by atoms with E-state index in [2.05, 4.69) is 33.0 Å². The maximum absolute atomic E-state index is 14.1. The molecule has 10 aliphatic rings. The third kappa shape index (κ3) is 11.1. The molecule has 95 heavy (non-hydrogen) atoms. The minimum Gasteiger partial charge on any atom is -0.479 e. The number of nitrogens with zero attached hydrogens (tertiary/aromatic N) is 3. The molecular weight excluding hydrogens is 1220 g/mol. The van der Waals surface area contributed by atoms with Gasteiger partial charge in [-0.15, -0.1) is 0 Å². The third-order valence-electron chi connectivity index (χ3n) is 22.3. The molecule has 15 rings (SSSR count). The largest absolute Gasteiger partial charge is 0.479 e. The number of carbonyl (C=O) groups excluding carboxylic acids is 6. The first kappa shape index (κ1) is 64.0. The van der Waals surface area contributed by atoms with Crippen LogP contribution < -0.4 is 20.3 Å². The lowest BCUT2D eigenvalue weighted by atomic mass is 9.38. The van der Waals surface area contributed by atoms with E-state index in [-0.39, 0.29) is 104 Å². The number of aromatic nitrogens is 3. The van der Waals surface area contributed by atoms with Gasteiger partial charge in [-0.1, -0.05) is 98.3 Å². The Labute approximate surface area is 546 Å². The number of carbonyl (C=O) groups is 7. The number of aliphatic hydroxyl groups excluding tert-OH is 5. The van der Waals surface area contributed by atoms with Crippen LogP contribution in [0.3, 0.4) is 0 Å². The van der Waals surface area contributed by atoms with Crippen molar-refractivity contribution in [3.05, 3.63) is 137 Å². The number of rotatable bonds is 19. The lowest BCUT2D eigenvalue weighted by Gasteiger charge is -2.70. The number of aromatic amines is 1. The highest BCUT2D eigenvalue weighted by Crippen LogP contribution is 2.71. The summed E-state index contributed by atoms with van der Waals surface area (Å²) in [6.07, 6.45) is -2.54. The molecule has 2 saturated heterocycles. The number of aliphatic hydroxyl groups is 5. The molecule has 6 saturated carbocycles. The zero-order valence-electron chi connectivity index (χ0n) is 52.5. The Balaban J connectivity index is 0.575.